The number of nitrogens with zero attached hydrogens (tertiary/aromatic N) is 7. The Hall–Kier alpha value is -3.17. The van der Waals surface area contributed by atoms with Crippen molar-refractivity contribution in [3.8, 4) is 5.13 Å². The van der Waals surface area contributed by atoms with Crippen LogP contribution in [0.5, 0.6) is 0 Å². The Morgan fingerprint density at radius 1 is 1.15 bits per heavy atom. The van der Waals surface area contributed by atoms with E-state index in [0.717, 1.165) is 4.57 Å². The number of rotatable bonds is 12. The maximum atomic E-state index is 13.9. The number of hydrogen-bond acceptors (Lipinski definition) is 11. The zero-order chi connectivity index (χ0) is 33.7. The topological polar surface area (TPSA) is 144 Å². The number of piperazine rings is 1. The minimum Gasteiger partial charge on any atom is -0.377 e. The van der Waals surface area contributed by atoms with E-state index in [4.69, 9.17) is 9.47 Å². The van der Waals surface area contributed by atoms with E-state index in [1.54, 1.807) is 16.7 Å². The van der Waals surface area contributed by atoms with Crippen LogP contribution in [0, 0.1) is 0 Å². The van der Waals surface area contributed by atoms with Crippen LogP contribution in [-0.2, 0) is 30.8 Å². The summed E-state index contributed by atoms with van der Waals surface area (Å²) < 4.78 is 96.5. The number of hydrogen-bond donors (Lipinski definition) is 1. The molecule has 0 bridgehead atoms. The van der Waals surface area contributed by atoms with Crippen LogP contribution in [0.15, 0.2) is 21.8 Å². The highest BCUT2D eigenvalue weighted by Gasteiger charge is 2.51. The first-order chi connectivity index (χ1) is 22.4. The van der Waals surface area contributed by atoms with Crippen molar-refractivity contribution in [1.29, 1.82) is 0 Å². The predicted octanol–water partition coefficient (Wildman–Crippen LogP) is 0.937. The highest BCUT2D eigenvalue weighted by molar-refractivity contribution is 7.89. The van der Waals surface area contributed by atoms with E-state index >= 15 is 0 Å². The first-order valence-electron chi connectivity index (χ1n) is 14.9. The van der Waals surface area contributed by atoms with E-state index in [-0.39, 0.29) is 87.0 Å². The Morgan fingerprint density at radius 3 is 2.38 bits per heavy atom. The minimum atomic E-state index is -4.40. The summed E-state index contributed by atoms with van der Waals surface area (Å²) in [6.07, 6.45) is -2.93. The maximum absolute atomic E-state index is 13.9. The molecule has 3 fully saturated rings. The number of nitrogens with one attached hydrogen (secondary N) is 1. The van der Waals surface area contributed by atoms with E-state index in [1.807, 2.05) is 4.90 Å². The predicted molar refractivity (Wildman–Crippen MR) is 162 cm³/mol. The average Bonchev–Trinajstić information content (AvgIpc) is 3.62. The van der Waals surface area contributed by atoms with Gasteiger partial charge >= 0.3 is 5.69 Å². The number of carbonyl (C=O) groups excluding carboxylic acids is 1. The molecule has 6 rings (SSSR count). The Morgan fingerprint density at radius 2 is 1.85 bits per heavy atom. The number of fused-ring (bicyclic) bond motifs is 1. The number of sulfonamides is 1. The molecule has 3 aliphatic rings. The third kappa shape index (κ3) is 5.81. The maximum Gasteiger partial charge on any atom is 0.335 e. The quantitative estimate of drug-likeness (QED) is 0.271. The molecular weight excluding hydrogens is 672 g/mol. The van der Waals surface area contributed by atoms with Crippen molar-refractivity contribution >= 4 is 44.0 Å². The Kier molecular flexibility index (Phi) is 9.11. The lowest BCUT2D eigenvalue weighted by Crippen LogP contribution is -2.71. The minimum absolute atomic E-state index is 0.0742. The van der Waals surface area contributed by atoms with Gasteiger partial charge in [-0.05, 0) is 19.1 Å². The van der Waals surface area contributed by atoms with Gasteiger partial charge in [-0.1, -0.05) is 11.3 Å². The Bertz CT molecular complexity index is 1810. The van der Waals surface area contributed by atoms with Crippen LogP contribution in [0.25, 0.3) is 16.2 Å². The van der Waals surface area contributed by atoms with E-state index in [2.05, 4.69) is 14.9 Å². The van der Waals surface area contributed by atoms with Gasteiger partial charge in [0.05, 0.1) is 34.8 Å². The lowest BCUT2D eigenvalue weighted by atomic mass is 9.91. The number of alkyl halides is 4. The summed E-state index contributed by atoms with van der Waals surface area (Å²) in [7, 11) is -2.96. The molecule has 1 aromatic carbocycles. The first-order valence-corrected chi connectivity index (χ1v) is 17.2. The van der Waals surface area contributed by atoms with Crippen molar-refractivity contribution < 1.29 is 40.2 Å². The smallest absolute Gasteiger partial charge is 0.335 e. The second kappa shape index (κ2) is 12.7. The molecule has 0 radical (unpaired) electrons. The number of benzene rings is 1. The summed E-state index contributed by atoms with van der Waals surface area (Å²) in [5.74, 6) is -0.234. The van der Waals surface area contributed by atoms with Gasteiger partial charge in [-0.15, -0.1) is 10.2 Å². The molecule has 3 aliphatic heterocycles. The van der Waals surface area contributed by atoms with Crippen molar-refractivity contribution in [2.75, 3.05) is 84.4 Å². The number of carbonyl (C=O) groups is 1. The zero-order valence-corrected chi connectivity index (χ0v) is 27.3. The molecule has 1 amide bonds. The molecule has 1 N–H and O–H groups in total. The molecule has 0 atom stereocenters. The van der Waals surface area contributed by atoms with Gasteiger partial charge in [-0.25, -0.2) is 35.3 Å². The van der Waals surface area contributed by atoms with Gasteiger partial charge < -0.3 is 19.3 Å². The molecule has 0 spiro atoms. The summed E-state index contributed by atoms with van der Waals surface area (Å²) >= 11 is 0.499. The van der Waals surface area contributed by atoms with Gasteiger partial charge in [0, 0.05) is 59.5 Å². The number of halogens is 4. The van der Waals surface area contributed by atoms with Gasteiger partial charge in [0.1, 0.15) is 18.9 Å². The molecule has 2 aromatic heterocycles. The van der Waals surface area contributed by atoms with Crippen molar-refractivity contribution in [2.24, 2.45) is 0 Å². The fraction of sp³-hybridized carbons (Fsp3) is 0.630. The van der Waals surface area contributed by atoms with Crippen LogP contribution < -0.4 is 15.3 Å². The lowest BCUT2D eigenvalue weighted by molar-refractivity contribution is -0.178. The number of anilines is 1. The van der Waals surface area contributed by atoms with E-state index in [0.29, 0.717) is 22.5 Å². The van der Waals surface area contributed by atoms with Gasteiger partial charge in [0.25, 0.3) is 12.3 Å². The fourth-order valence-corrected chi connectivity index (χ4v) is 8.33. The molecule has 0 unspecified atom stereocenters. The van der Waals surface area contributed by atoms with Gasteiger partial charge in [0.15, 0.2) is 10.6 Å². The van der Waals surface area contributed by atoms with Crippen LogP contribution in [0.1, 0.15) is 18.4 Å². The van der Waals surface area contributed by atoms with Crippen molar-refractivity contribution in [3.05, 3.63) is 27.6 Å². The molecule has 47 heavy (non-hydrogen) atoms. The Labute approximate surface area is 270 Å². The number of likely N-dealkylation sites (tertiary alicyclic amines) is 1. The average molecular weight is 707 g/mol. The van der Waals surface area contributed by atoms with Crippen LogP contribution >= 0.6 is 11.3 Å². The standard InChI is InChI=1S/C27H34F4N8O6S2/c1-3-38-20-18(36-6-8-37(9-7-36)23(40)27(44-2)13-35(14-27)5-4-28)10-17(47(42,43)34-26(12-29)15-45-16-26)11-19(20)39(25(38)41)24-33-32-22(46-24)21(30)31/h10-11,21,34H,3-9,12-16H2,1-2H3. The number of aromatic nitrogens is 4. The number of amides is 1. The highest BCUT2D eigenvalue weighted by atomic mass is 32.2. The van der Waals surface area contributed by atoms with Crippen LogP contribution in [0.4, 0.5) is 23.2 Å². The lowest BCUT2D eigenvalue weighted by Gasteiger charge is -2.50. The van der Waals surface area contributed by atoms with Crippen LogP contribution in [0.2, 0.25) is 0 Å². The number of methoxy groups -OCH3 is 1. The Balaban J connectivity index is 1.40. The van der Waals surface area contributed by atoms with Crippen LogP contribution in [0.3, 0.4) is 0 Å². The molecule has 258 valence electrons. The van der Waals surface area contributed by atoms with Crippen LogP contribution in [-0.4, -0.2) is 134 Å². The second-order valence-electron chi connectivity index (χ2n) is 11.8. The summed E-state index contributed by atoms with van der Waals surface area (Å²) in [4.78, 5) is 32.2. The zero-order valence-electron chi connectivity index (χ0n) is 25.6. The summed E-state index contributed by atoms with van der Waals surface area (Å²) in [6, 6.07) is 2.61. The highest BCUT2D eigenvalue weighted by Crippen LogP contribution is 2.35. The molecule has 0 saturated carbocycles. The molecule has 5 heterocycles. The molecular formula is C27H34F4N8O6S2. The van der Waals surface area contributed by atoms with Gasteiger partial charge in [0.2, 0.25) is 15.2 Å². The normalized spacial score (nSPS) is 19.7. The van der Waals surface area contributed by atoms with Gasteiger partial charge in [-0.2, -0.15) is 4.72 Å². The van der Waals surface area contributed by atoms with E-state index in [9.17, 15) is 35.6 Å². The molecule has 20 heteroatoms. The van der Waals surface area contributed by atoms with Gasteiger partial charge in [-0.3, -0.25) is 14.3 Å². The summed E-state index contributed by atoms with van der Waals surface area (Å²) in [6.45, 7) is 1.66. The molecule has 0 aliphatic carbocycles. The third-order valence-electron chi connectivity index (χ3n) is 8.82. The van der Waals surface area contributed by atoms with Crippen molar-refractivity contribution in [2.45, 2.75) is 35.9 Å². The largest absolute Gasteiger partial charge is 0.377 e. The van der Waals surface area contributed by atoms with Crippen molar-refractivity contribution in [3.63, 3.8) is 0 Å². The monoisotopic (exact) mass is 706 g/mol. The SMILES string of the molecule is CCn1c(=O)n(-c2nnc(C(F)F)s2)c2cc(S(=O)(=O)NC3(CF)COC3)cc(N3CCN(C(=O)C4(OC)CN(CCF)C4)CC3)c21. The molecule has 14 nitrogen and oxygen atoms in total. The van der Waals surface area contributed by atoms with E-state index < -0.39 is 51.6 Å². The summed E-state index contributed by atoms with van der Waals surface area (Å²) in [5, 5.41) is 6.51. The first kappa shape index (κ1) is 33.7. The molecule has 3 saturated heterocycles. The van der Waals surface area contributed by atoms with E-state index in [1.165, 1.54) is 23.8 Å². The number of imidazole rings is 1. The fourth-order valence-electron chi connectivity index (χ4n) is 6.22. The summed E-state index contributed by atoms with van der Waals surface area (Å²) in [5.41, 5.74) is -2.43. The second-order valence-corrected chi connectivity index (χ2v) is 14.5. The van der Waals surface area contributed by atoms with Crippen molar-refractivity contribution in [1.82, 2.24) is 33.9 Å². The molecule has 3 aromatic rings. The third-order valence-corrected chi connectivity index (χ3v) is 11.3. The number of aryl methyl sites for hydroxylation is 1. The number of ether oxygens (including phenoxy) is 2.